The maximum Gasteiger partial charge on any atom is 0.192 e. The maximum atomic E-state index is 11.0. The Hall–Kier alpha value is -0.570. The van der Waals surface area contributed by atoms with Crippen LogP contribution in [0.2, 0.25) is 0 Å². The van der Waals surface area contributed by atoms with Gasteiger partial charge in [-0.3, -0.25) is 0 Å². The van der Waals surface area contributed by atoms with Crippen molar-refractivity contribution in [2.75, 3.05) is 0 Å². The third kappa shape index (κ3) is 9.73. The molecule has 88 valence electrons. The molecule has 0 aliphatic heterocycles. The Morgan fingerprint density at radius 2 is 1.67 bits per heavy atom. The molecule has 0 amide bonds. The van der Waals surface area contributed by atoms with Crippen LogP contribution in [0, 0.1) is 0 Å². The Kier molecular flexibility index (Phi) is 8.38. The highest BCUT2D eigenvalue weighted by Crippen LogP contribution is 2.07. The van der Waals surface area contributed by atoms with Crippen molar-refractivity contribution in [3.63, 3.8) is 0 Å². The summed E-state index contributed by atoms with van der Waals surface area (Å²) in [5.74, 6) is 0. The molecule has 0 heterocycles. The van der Waals surface area contributed by atoms with Gasteiger partial charge in [0.25, 0.3) is 0 Å². The highest BCUT2D eigenvalue weighted by Gasteiger charge is 1.95. The minimum atomic E-state index is -3.14. The predicted molar refractivity (Wildman–Crippen MR) is 66.2 cm³/mol. The summed E-state index contributed by atoms with van der Waals surface area (Å²) in [5, 5.41) is 2.22. The topological polar surface area (TPSA) is 34.1 Å². The second-order valence-electron chi connectivity index (χ2n) is 3.68. The van der Waals surface area contributed by atoms with E-state index in [4.69, 9.17) is 0 Å². The van der Waals surface area contributed by atoms with E-state index in [2.05, 4.69) is 13.5 Å². The summed E-state index contributed by atoms with van der Waals surface area (Å²) in [6.45, 7) is 5.44. The van der Waals surface area contributed by atoms with Crippen LogP contribution in [-0.2, 0) is 9.84 Å². The van der Waals surface area contributed by atoms with Crippen LogP contribution < -0.4 is 0 Å². The van der Waals surface area contributed by atoms with Gasteiger partial charge in [0.1, 0.15) is 0 Å². The van der Waals surface area contributed by atoms with Gasteiger partial charge < -0.3 is 0 Å². The fraction of sp³-hybridized carbons (Fsp3) is 0.667. The van der Waals surface area contributed by atoms with Crippen LogP contribution >= 0.6 is 0 Å². The molecule has 0 rings (SSSR count). The van der Waals surface area contributed by atoms with Gasteiger partial charge in [0.05, 0.1) is 0 Å². The van der Waals surface area contributed by atoms with E-state index in [-0.39, 0.29) is 0 Å². The zero-order chi connectivity index (χ0) is 11.6. The predicted octanol–water partition coefficient (Wildman–Crippen LogP) is 3.81. The van der Waals surface area contributed by atoms with Crippen molar-refractivity contribution in [3.05, 3.63) is 23.5 Å². The highest BCUT2D eigenvalue weighted by molar-refractivity contribution is 7.97. The fourth-order valence-corrected chi connectivity index (χ4v) is 1.82. The third-order valence-electron chi connectivity index (χ3n) is 2.24. The van der Waals surface area contributed by atoms with E-state index < -0.39 is 9.84 Å². The van der Waals surface area contributed by atoms with Gasteiger partial charge in [0, 0.05) is 10.8 Å². The second kappa shape index (κ2) is 8.72. The molecular weight excluding hydrogens is 208 g/mol. The lowest BCUT2D eigenvalue weighted by molar-refractivity contribution is 0.608. The SMILES string of the molecule is C=CS(=O)(=O)C=CCCCCCCCC. The molecule has 0 radical (unpaired) electrons. The van der Waals surface area contributed by atoms with Crippen molar-refractivity contribution in [1.82, 2.24) is 0 Å². The number of hydrogen-bond donors (Lipinski definition) is 0. The van der Waals surface area contributed by atoms with Crippen molar-refractivity contribution >= 4 is 9.84 Å². The summed E-state index contributed by atoms with van der Waals surface area (Å²) in [6, 6.07) is 0. The molecule has 0 spiro atoms. The number of sulfone groups is 1. The summed E-state index contributed by atoms with van der Waals surface area (Å²) in [6.07, 6.45) is 9.96. The van der Waals surface area contributed by atoms with Gasteiger partial charge in [0.2, 0.25) is 0 Å². The standard InChI is InChI=1S/C12H22O2S/c1-3-5-6-7-8-9-10-11-12-15(13,14)4-2/h4,11-12H,2-3,5-10H2,1H3. The average molecular weight is 230 g/mol. The van der Waals surface area contributed by atoms with Crippen LogP contribution in [0.25, 0.3) is 0 Å². The largest absolute Gasteiger partial charge is 0.220 e. The van der Waals surface area contributed by atoms with E-state index in [1.807, 2.05) is 0 Å². The monoisotopic (exact) mass is 230 g/mol. The van der Waals surface area contributed by atoms with Gasteiger partial charge in [-0.05, 0) is 12.8 Å². The van der Waals surface area contributed by atoms with Crippen LogP contribution in [0.5, 0.6) is 0 Å². The molecule has 0 aliphatic rings. The highest BCUT2D eigenvalue weighted by atomic mass is 32.2. The van der Waals surface area contributed by atoms with Gasteiger partial charge in [-0.25, -0.2) is 8.42 Å². The molecule has 0 saturated carbocycles. The molecule has 0 N–H and O–H groups in total. The van der Waals surface area contributed by atoms with Gasteiger partial charge in [0.15, 0.2) is 9.84 Å². The molecule has 0 fully saturated rings. The Morgan fingerprint density at radius 3 is 2.27 bits per heavy atom. The summed E-state index contributed by atoms with van der Waals surface area (Å²) >= 11 is 0. The first-order valence-electron chi connectivity index (χ1n) is 5.66. The molecule has 3 heteroatoms. The fourth-order valence-electron chi connectivity index (χ4n) is 1.30. The van der Waals surface area contributed by atoms with Crippen LogP contribution in [-0.4, -0.2) is 8.42 Å². The van der Waals surface area contributed by atoms with E-state index in [0.29, 0.717) is 0 Å². The van der Waals surface area contributed by atoms with Gasteiger partial charge >= 0.3 is 0 Å². The second-order valence-corrected chi connectivity index (χ2v) is 5.47. The average Bonchev–Trinajstić information content (AvgIpc) is 2.22. The molecule has 15 heavy (non-hydrogen) atoms. The number of hydrogen-bond acceptors (Lipinski definition) is 2. The number of rotatable bonds is 9. The van der Waals surface area contributed by atoms with Gasteiger partial charge in [-0.1, -0.05) is 51.7 Å². The van der Waals surface area contributed by atoms with Crippen molar-refractivity contribution in [2.45, 2.75) is 51.9 Å². The first-order chi connectivity index (χ1) is 7.12. The molecule has 0 aliphatic carbocycles. The Bertz CT molecular complexity index is 276. The van der Waals surface area contributed by atoms with Crippen molar-refractivity contribution in [1.29, 1.82) is 0 Å². The van der Waals surface area contributed by atoms with Crippen LogP contribution in [0.4, 0.5) is 0 Å². The molecule has 0 bridgehead atoms. The zero-order valence-electron chi connectivity index (χ0n) is 9.61. The molecule has 0 atom stereocenters. The van der Waals surface area contributed by atoms with E-state index in [0.717, 1.165) is 18.2 Å². The quantitative estimate of drug-likeness (QED) is 0.564. The first-order valence-corrected chi connectivity index (χ1v) is 7.27. The molecule has 0 aromatic rings. The van der Waals surface area contributed by atoms with Gasteiger partial charge in [-0.15, -0.1) is 0 Å². The van der Waals surface area contributed by atoms with E-state index >= 15 is 0 Å². The summed E-state index contributed by atoms with van der Waals surface area (Å²) in [4.78, 5) is 0. The lowest BCUT2D eigenvalue weighted by Crippen LogP contribution is -1.86. The molecule has 0 aromatic heterocycles. The Morgan fingerprint density at radius 1 is 1.07 bits per heavy atom. The maximum absolute atomic E-state index is 11.0. The molecule has 0 saturated heterocycles. The van der Waals surface area contributed by atoms with Gasteiger partial charge in [-0.2, -0.15) is 0 Å². The lowest BCUT2D eigenvalue weighted by atomic mass is 10.1. The summed E-state index contributed by atoms with van der Waals surface area (Å²) in [5.41, 5.74) is 0. The number of unbranched alkanes of at least 4 members (excludes halogenated alkanes) is 6. The third-order valence-corrected chi connectivity index (χ3v) is 3.28. The van der Waals surface area contributed by atoms with Crippen LogP contribution in [0.15, 0.2) is 23.5 Å². The Labute approximate surface area is 94.0 Å². The van der Waals surface area contributed by atoms with Crippen LogP contribution in [0.1, 0.15) is 51.9 Å². The minimum Gasteiger partial charge on any atom is -0.220 e. The zero-order valence-corrected chi connectivity index (χ0v) is 10.4. The van der Waals surface area contributed by atoms with Crippen molar-refractivity contribution in [2.24, 2.45) is 0 Å². The molecule has 0 aromatic carbocycles. The molecule has 0 unspecified atom stereocenters. The van der Waals surface area contributed by atoms with E-state index in [1.54, 1.807) is 6.08 Å². The minimum absolute atomic E-state index is 0.846. The lowest BCUT2D eigenvalue weighted by Gasteiger charge is -1.97. The normalized spacial score (nSPS) is 12.1. The molecule has 2 nitrogen and oxygen atoms in total. The molecular formula is C12H22O2S. The van der Waals surface area contributed by atoms with Crippen LogP contribution in [0.3, 0.4) is 0 Å². The van der Waals surface area contributed by atoms with Crippen molar-refractivity contribution in [3.8, 4) is 0 Å². The summed E-state index contributed by atoms with van der Waals surface area (Å²) < 4.78 is 21.9. The first kappa shape index (κ1) is 14.4. The van der Waals surface area contributed by atoms with E-state index in [1.165, 1.54) is 37.5 Å². The Balaban J connectivity index is 3.43. The number of allylic oxidation sites excluding steroid dienone is 1. The van der Waals surface area contributed by atoms with E-state index in [9.17, 15) is 8.42 Å². The van der Waals surface area contributed by atoms with Crippen molar-refractivity contribution < 1.29 is 8.42 Å². The smallest absolute Gasteiger partial charge is 0.192 e. The summed E-state index contributed by atoms with van der Waals surface area (Å²) in [7, 11) is -3.14.